The highest BCUT2D eigenvalue weighted by molar-refractivity contribution is 7.22. The highest BCUT2D eigenvalue weighted by atomic mass is 32.1. The van der Waals surface area contributed by atoms with Gasteiger partial charge in [0, 0.05) is 18.7 Å². The number of aromatic nitrogens is 1. The van der Waals surface area contributed by atoms with E-state index in [0.717, 1.165) is 21.9 Å². The van der Waals surface area contributed by atoms with Crippen molar-refractivity contribution >= 4 is 32.4 Å². The van der Waals surface area contributed by atoms with E-state index < -0.39 is 4.92 Å². The number of hydrogen-bond donors (Lipinski definition) is 1. The Morgan fingerprint density at radius 3 is 3.07 bits per heavy atom. The molecule has 0 aliphatic rings. The van der Waals surface area contributed by atoms with Gasteiger partial charge in [-0.1, -0.05) is 11.3 Å². The summed E-state index contributed by atoms with van der Waals surface area (Å²) in [6.07, 6.45) is 0. The maximum atomic E-state index is 10.6. The average Bonchev–Trinajstić information content (AvgIpc) is 2.59. The van der Waals surface area contributed by atoms with E-state index in [9.17, 15) is 10.1 Å². The van der Waals surface area contributed by atoms with Crippen LogP contribution in [0.15, 0.2) is 18.2 Å². The Balaban J connectivity index is 2.47. The second kappa shape index (κ2) is 3.82. The quantitative estimate of drug-likeness (QED) is 0.641. The number of nitrogens with zero attached hydrogens (tertiary/aromatic N) is 2. The molecule has 1 heterocycles. The molecule has 0 fully saturated rings. The number of nitro groups is 1. The van der Waals surface area contributed by atoms with Crippen molar-refractivity contribution in [3.63, 3.8) is 0 Å². The van der Waals surface area contributed by atoms with Crippen molar-refractivity contribution in [1.29, 1.82) is 0 Å². The second-order valence-corrected chi connectivity index (χ2v) is 3.99. The fraction of sp³-hybridized carbons (Fsp3) is 0.222. The molecule has 78 valence electrons. The molecule has 5 nitrogen and oxygen atoms in total. The Hall–Kier alpha value is -1.69. The van der Waals surface area contributed by atoms with Crippen molar-refractivity contribution in [2.45, 2.75) is 6.92 Å². The van der Waals surface area contributed by atoms with Gasteiger partial charge in [0.1, 0.15) is 0 Å². The SMILES string of the molecule is CCNc1nc2ccc([N+](=O)[O-])cc2s1. The van der Waals surface area contributed by atoms with Crippen LogP contribution >= 0.6 is 11.3 Å². The van der Waals surface area contributed by atoms with Gasteiger partial charge in [0.2, 0.25) is 0 Å². The van der Waals surface area contributed by atoms with E-state index in [2.05, 4.69) is 10.3 Å². The van der Waals surface area contributed by atoms with Crippen LogP contribution in [0.25, 0.3) is 10.2 Å². The minimum atomic E-state index is -0.397. The monoisotopic (exact) mass is 223 g/mol. The normalized spacial score (nSPS) is 10.5. The first-order valence-corrected chi connectivity index (χ1v) is 5.31. The predicted octanol–water partition coefficient (Wildman–Crippen LogP) is 2.64. The summed E-state index contributed by atoms with van der Waals surface area (Å²) in [5, 5.41) is 14.4. The van der Waals surface area contributed by atoms with Gasteiger partial charge in [0.25, 0.3) is 5.69 Å². The molecule has 1 N–H and O–H groups in total. The Morgan fingerprint density at radius 1 is 1.60 bits per heavy atom. The molecule has 0 spiro atoms. The minimum Gasteiger partial charge on any atom is -0.362 e. The molecule has 0 aliphatic heterocycles. The lowest BCUT2D eigenvalue weighted by Crippen LogP contribution is -1.94. The van der Waals surface area contributed by atoms with Gasteiger partial charge in [-0.15, -0.1) is 0 Å². The van der Waals surface area contributed by atoms with Gasteiger partial charge in [0.15, 0.2) is 5.13 Å². The van der Waals surface area contributed by atoms with Gasteiger partial charge >= 0.3 is 0 Å². The van der Waals surface area contributed by atoms with E-state index in [1.165, 1.54) is 17.4 Å². The first kappa shape index (κ1) is 9.85. The molecule has 0 atom stereocenters. The molecule has 0 saturated carbocycles. The Kier molecular flexibility index (Phi) is 2.51. The second-order valence-electron chi connectivity index (χ2n) is 2.96. The first-order chi connectivity index (χ1) is 7.20. The van der Waals surface area contributed by atoms with E-state index in [0.29, 0.717) is 0 Å². The van der Waals surface area contributed by atoms with E-state index in [-0.39, 0.29) is 5.69 Å². The Morgan fingerprint density at radius 2 is 2.40 bits per heavy atom. The van der Waals surface area contributed by atoms with Gasteiger partial charge in [0.05, 0.1) is 15.1 Å². The molecule has 1 aromatic heterocycles. The molecule has 15 heavy (non-hydrogen) atoms. The summed E-state index contributed by atoms with van der Waals surface area (Å²) in [5.41, 5.74) is 0.899. The Bertz CT molecular complexity index is 509. The number of thiazole rings is 1. The fourth-order valence-electron chi connectivity index (χ4n) is 1.25. The average molecular weight is 223 g/mol. The molecular formula is C9H9N3O2S. The molecule has 0 unspecified atom stereocenters. The maximum Gasteiger partial charge on any atom is 0.270 e. The zero-order valence-electron chi connectivity index (χ0n) is 8.06. The topological polar surface area (TPSA) is 68.1 Å². The van der Waals surface area contributed by atoms with Crippen molar-refractivity contribution in [3.8, 4) is 0 Å². The fourth-order valence-corrected chi connectivity index (χ4v) is 2.22. The van der Waals surface area contributed by atoms with Gasteiger partial charge in [-0.25, -0.2) is 4.98 Å². The number of nitrogens with one attached hydrogen (secondary N) is 1. The number of fused-ring (bicyclic) bond motifs is 1. The van der Waals surface area contributed by atoms with Crippen molar-refractivity contribution < 1.29 is 4.92 Å². The Labute approximate surface area is 89.9 Å². The van der Waals surface area contributed by atoms with Gasteiger partial charge in [-0.3, -0.25) is 10.1 Å². The van der Waals surface area contributed by atoms with Crippen LogP contribution in [-0.2, 0) is 0 Å². The largest absolute Gasteiger partial charge is 0.362 e. The molecule has 0 amide bonds. The smallest absolute Gasteiger partial charge is 0.270 e. The third kappa shape index (κ3) is 1.89. The maximum absolute atomic E-state index is 10.6. The zero-order chi connectivity index (χ0) is 10.8. The summed E-state index contributed by atoms with van der Waals surface area (Å²) in [4.78, 5) is 14.4. The molecular weight excluding hydrogens is 214 g/mol. The van der Waals surface area contributed by atoms with Crippen LogP contribution in [0.5, 0.6) is 0 Å². The number of nitro benzene ring substituents is 1. The van der Waals surface area contributed by atoms with E-state index >= 15 is 0 Å². The molecule has 6 heteroatoms. The number of anilines is 1. The molecule has 0 radical (unpaired) electrons. The number of benzene rings is 1. The van der Waals surface area contributed by atoms with E-state index in [1.54, 1.807) is 12.1 Å². The summed E-state index contributed by atoms with van der Waals surface area (Å²) in [6.45, 7) is 2.77. The molecule has 2 rings (SSSR count). The summed E-state index contributed by atoms with van der Waals surface area (Å²) >= 11 is 1.43. The van der Waals surface area contributed by atoms with Crippen molar-refractivity contribution in [3.05, 3.63) is 28.3 Å². The molecule has 0 bridgehead atoms. The molecule has 1 aromatic carbocycles. The van der Waals surface area contributed by atoms with Crippen LogP contribution in [0.3, 0.4) is 0 Å². The lowest BCUT2D eigenvalue weighted by Gasteiger charge is -1.91. The number of rotatable bonds is 3. The minimum absolute atomic E-state index is 0.106. The molecule has 0 aliphatic carbocycles. The highest BCUT2D eigenvalue weighted by Crippen LogP contribution is 2.28. The molecule has 0 saturated heterocycles. The van der Waals surface area contributed by atoms with Crippen molar-refractivity contribution in [2.24, 2.45) is 0 Å². The summed E-state index contributed by atoms with van der Waals surface area (Å²) in [7, 11) is 0. The van der Waals surface area contributed by atoms with Crippen molar-refractivity contribution in [2.75, 3.05) is 11.9 Å². The lowest BCUT2D eigenvalue weighted by molar-refractivity contribution is -0.384. The zero-order valence-corrected chi connectivity index (χ0v) is 8.87. The summed E-state index contributed by atoms with van der Waals surface area (Å²) < 4.78 is 0.833. The van der Waals surface area contributed by atoms with Gasteiger partial charge in [-0.2, -0.15) is 0 Å². The van der Waals surface area contributed by atoms with Gasteiger partial charge < -0.3 is 5.32 Å². The van der Waals surface area contributed by atoms with Crippen LogP contribution in [0.4, 0.5) is 10.8 Å². The van der Waals surface area contributed by atoms with Crippen LogP contribution in [0, 0.1) is 10.1 Å². The highest BCUT2D eigenvalue weighted by Gasteiger charge is 2.09. The van der Waals surface area contributed by atoms with Crippen LogP contribution in [0.2, 0.25) is 0 Å². The van der Waals surface area contributed by atoms with E-state index in [4.69, 9.17) is 0 Å². The standard InChI is InChI=1S/C9H9N3O2S/c1-2-10-9-11-7-4-3-6(12(13)14)5-8(7)15-9/h3-5H,2H2,1H3,(H,10,11). The van der Waals surface area contributed by atoms with Crippen LogP contribution < -0.4 is 5.32 Å². The number of non-ortho nitro benzene ring substituents is 1. The molecule has 2 aromatic rings. The summed E-state index contributed by atoms with van der Waals surface area (Å²) in [5.74, 6) is 0. The van der Waals surface area contributed by atoms with Crippen molar-refractivity contribution in [1.82, 2.24) is 4.98 Å². The predicted molar refractivity (Wildman–Crippen MR) is 60.4 cm³/mol. The summed E-state index contributed by atoms with van der Waals surface area (Å²) in [6, 6.07) is 4.69. The van der Waals surface area contributed by atoms with Gasteiger partial charge in [-0.05, 0) is 13.0 Å². The third-order valence-corrected chi connectivity index (χ3v) is 2.89. The first-order valence-electron chi connectivity index (χ1n) is 4.49. The van der Waals surface area contributed by atoms with E-state index in [1.807, 2.05) is 6.92 Å². The van der Waals surface area contributed by atoms with Crippen LogP contribution in [-0.4, -0.2) is 16.5 Å². The van der Waals surface area contributed by atoms with Crippen LogP contribution in [0.1, 0.15) is 6.92 Å². The third-order valence-electron chi connectivity index (χ3n) is 1.91. The lowest BCUT2D eigenvalue weighted by atomic mass is 10.3. The number of hydrogen-bond acceptors (Lipinski definition) is 5.